The Balaban J connectivity index is 2.18. The largest absolute Gasteiger partial charge is 0.324 e. The normalized spacial score (nSPS) is 10.1. The van der Waals surface area contributed by atoms with E-state index in [2.05, 4.69) is 33.3 Å². The first-order valence-electron chi connectivity index (χ1n) is 5.74. The molecule has 0 spiro atoms. The van der Waals surface area contributed by atoms with Crippen molar-refractivity contribution in [3.63, 3.8) is 0 Å². The highest BCUT2D eigenvalue weighted by molar-refractivity contribution is 14.1. The lowest BCUT2D eigenvalue weighted by atomic mass is 10.1. The van der Waals surface area contributed by atoms with Crippen LogP contribution in [0.2, 0.25) is 0 Å². The van der Waals surface area contributed by atoms with Gasteiger partial charge in [0.15, 0.2) is 0 Å². The Morgan fingerprint density at radius 2 is 2.00 bits per heavy atom. The number of nitrogen functional groups attached to an aromatic ring is 1. The van der Waals surface area contributed by atoms with E-state index in [-0.39, 0.29) is 5.91 Å². The fraction of sp³-hybridized carbons (Fsp3) is 0.0714. The minimum absolute atomic E-state index is 0.131. The number of nitrogens with one attached hydrogen (secondary N) is 2. The van der Waals surface area contributed by atoms with E-state index >= 15 is 0 Å². The van der Waals surface area contributed by atoms with E-state index in [0.29, 0.717) is 5.56 Å². The molecule has 0 fully saturated rings. The third kappa shape index (κ3) is 3.45. The molecule has 2 aromatic carbocycles. The third-order valence-electron chi connectivity index (χ3n) is 2.73. The van der Waals surface area contributed by atoms with Gasteiger partial charge in [0, 0.05) is 14.8 Å². The molecular weight excluding hydrogens is 353 g/mol. The Bertz CT molecular complexity index is 613. The van der Waals surface area contributed by atoms with Gasteiger partial charge in [0.05, 0.1) is 5.69 Å². The van der Waals surface area contributed by atoms with Crippen molar-refractivity contribution in [1.82, 2.24) is 0 Å². The quantitative estimate of drug-likeness (QED) is 0.444. The number of hydrogen-bond donors (Lipinski definition) is 3. The smallest absolute Gasteiger partial charge is 0.255 e. The van der Waals surface area contributed by atoms with E-state index in [1.165, 1.54) is 0 Å². The number of rotatable bonds is 3. The summed E-state index contributed by atoms with van der Waals surface area (Å²) in [6.45, 7) is 1.90. The number of benzene rings is 2. The molecule has 5 heteroatoms. The van der Waals surface area contributed by atoms with Crippen molar-refractivity contribution in [2.24, 2.45) is 5.84 Å². The molecule has 0 saturated heterocycles. The molecule has 2 rings (SSSR count). The van der Waals surface area contributed by atoms with Gasteiger partial charge in [-0.25, -0.2) is 0 Å². The fourth-order valence-corrected chi connectivity index (χ4v) is 2.28. The molecule has 0 radical (unpaired) electrons. The molecule has 0 aromatic heterocycles. The summed E-state index contributed by atoms with van der Waals surface area (Å²) in [5.74, 6) is 5.23. The Labute approximate surface area is 125 Å². The first-order valence-corrected chi connectivity index (χ1v) is 6.82. The van der Waals surface area contributed by atoms with Crippen LogP contribution in [0, 0.1) is 10.5 Å². The van der Waals surface area contributed by atoms with Crippen LogP contribution in [0.25, 0.3) is 0 Å². The van der Waals surface area contributed by atoms with Gasteiger partial charge in [0.1, 0.15) is 0 Å². The molecule has 0 atom stereocenters. The number of halogens is 1. The molecule has 0 heterocycles. The summed E-state index contributed by atoms with van der Waals surface area (Å²) < 4.78 is 1.08. The van der Waals surface area contributed by atoms with Crippen molar-refractivity contribution in [1.29, 1.82) is 0 Å². The maximum Gasteiger partial charge on any atom is 0.255 e. The minimum atomic E-state index is -0.131. The van der Waals surface area contributed by atoms with Gasteiger partial charge in [0.2, 0.25) is 0 Å². The second kappa shape index (κ2) is 6.03. The number of carbonyl (C=O) groups is 1. The van der Waals surface area contributed by atoms with Gasteiger partial charge in [-0.15, -0.1) is 0 Å². The van der Waals surface area contributed by atoms with E-state index < -0.39 is 0 Å². The zero-order valence-electron chi connectivity index (χ0n) is 10.4. The third-order valence-corrected chi connectivity index (χ3v) is 3.40. The maximum atomic E-state index is 12.1. The molecule has 0 aliphatic heterocycles. The van der Waals surface area contributed by atoms with Crippen molar-refractivity contribution in [3.05, 3.63) is 57.2 Å². The monoisotopic (exact) mass is 367 g/mol. The van der Waals surface area contributed by atoms with Crippen molar-refractivity contribution in [2.75, 3.05) is 10.7 Å². The summed E-state index contributed by atoms with van der Waals surface area (Å²) in [6, 6.07) is 13.0. The second-order valence-electron chi connectivity index (χ2n) is 4.14. The van der Waals surface area contributed by atoms with Crippen LogP contribution in [-0.4, -0.2) is 5.91 Å². The van der Waals surface area contributed by atoms with Gasteiger partial charge < -0.3 is 10.7 Å². The predicted octanol–water partition coefficient (Wildman–Crippen LogP) is 3.14. The summed E-state index contributed by atoms with van der Waals surface area (Å²) in [5, 5.41) is 2.87. The van der Waals surface area contributed by atoms with Crippen LogP contribution in [-0.2, 0) is 0 Å². The Morgan fingerprint density at radius 1 is 1.21 bits per heavy atom. The standard InChI is InChI=1S/C14H14IN3O/c1-9-7-10(5-6-13(9)18-16)14(19)17-12-4-2-3-11(15)8-12/h2-8,18H,16H2,1H3,(H,17,19). The summed E-state index contributed by atoms with van der Waals surface area (Å²) in [7, 11) is 0. The lowest BCUT2D eigenvalue weighted by Gasteiger charge is -2.09. The number of aryl methyl sites for hydroxylation is 1. The van der Waals surface area contributed by atoms with Crippen molar-refractivity contribution < 1.29 is 4.79 Å². The highest BCUT2D eigenvalue weighted by Gasteiger charge is 2.08. The van der Waals surface area contributed by atoms with Crippen molar-refractivity contribution in [3.8, 4) is 0 Å². The molecule has 0 unspecified atom stereocenters. The fourth-order valence-electron chi connectivity index (χ4n) is 1.74. The summed E-state index contributed by atoms with van der Waals surface area (Å²) in [5.41, 5.74) is 5.72. The van der Waals surface area contributed by atoms with Crippen LogP contribution in [0.5, 0.6) is 0 Å². The van der Waals surface area contributed by atoms with Gasteiger partial charge >= 0.3 is 0 Å². The van der Waals surface area contributed by atoms with Crippen LogP contribution in [0.1, 0.15) is 15.9 Å². The van der Waals surface area contributed by atoms with Gasteiger partial charge in [0.25, 0.3) is 5.91 Å². The van der Waals surface area contributed by atoms with Crippen LogP contribution in [0.3, 0.4) is 0 Å². The van der Waals surface area contributed by atoms with Gasteiger partial charge in [-0.2, -0.15) is 0 Å². The lowest BCUT2D eigenvalue weighted by Crippen LogP contribution is -2.13. The average molecular weight is 367 g/mol. The van der Waals surface area contributed by atoms with Crippen LogP contribution >= 0.6 is 22.6 Å². The van der Waals surface area contributed by atoms with E-state index in [4.69, 9.17) is 5.84 Å². The number of hydrazine groups is 1. The summed E-state index contributed by atoms with van der Waals surface area (Å²) in [6.07, 6.45) is 0. The molecular formula is C14H14IN3O. The van der Waals surface area contributed by atoms with Crippen molar-refractivity contribution in [2.45, 2.75) is 6.92 Å². The summed E-state index contributed by atoms with van der Waals surface area (Å²) in [4.78, 5) is 12.1. The van der Waals surface area contributed by atoms with E-state index in [1.54, 1.807) is 18.2 Å². The van der Waals surface area contributed by atoms with E-state index in [0.717, 1.165) is 20.5 Å². The van der Waals surface area contributed by atoms with Crippen LogP contribution in [0.15, 0.2) is 42.5 Å². The number of hydrogen-bond acceptors (Lipinski definition) is 3. The summed E-state index contributed by atoms with van der Waals surface area (Å²) >= 11 is 2.21. The highest BCUT2D eigenvalue weighted by atomic mass is 127. The number of anilines is 2. The van der Waals surface area contributed by atoms with Gasteiger partial charge in [-0.1, -0.05) is 6.07 Å². The zero-order valence-corrected chi connectivity index (χ0v) is 12.6. The van der Waals surface area contributed by atoms with Gasteiger partial charge in [-0.3, -0.25) is 10.6 Å². The second-order valence-corrected chi connectivity index (χ2v) is 5.38. The molecule has 0 aliphatic carbocycles. The molecule has 0 saturated carbocycles. The predicted molar refractivity (Wildman–Crippen MR) is 86.1 cm³/mol. The Hall–Kier alpha value is -1.60. The lowest BCUT2D eigenvalue weighted by molar-refractivity contribution is 0.102. The molecule has 4 nitrogen and oxygen atoms in total. The van der Waals surface area contributed by atoms with Crippen LogP contribution < -0.4 is 16.6 Å². The van der Waals surface area contributed by atoms with Crippen molar-refractivity contribution >= 4 is 39.9 Å². The molecule has 98 valence electrons. The number of nitrogens with two attached hydrogens (primary N) is 1. The minimum Gasteiger partial charge on any atom is -0.324 e. The van der Waals surface area contributed by atoms with Crippen LogP contribution in [0.4, 0.5) is 11.4 Å². The SMILES string of the molecule is Cc1cc(C(=O)Nc2cccc(I)c2)ccc1NN. The molecule has 0 aliphatic rings. The first kappa shape index (κ1) is 13.8. The maximum absolute atomic E-state index is 12.1. The highest BCUT2D eigenvalue weighted by Crippen LogP contribution is 2.17. The number of carbonyl (C=O) groups excluding carboxylic acids is 1. The Kier molecular flexibility index (Phi) is 4.39. The molecule has 2 aromatic rings. The topological polar surface area (TPSA) is 67.2 Å². The van der Waals surface area contributed by atoms with Gasteiger partial charge in [-0.05, 0) is 71.5 Å². The van der Waals surface area contributed by atoms with E-state index in [9.17, 15) is 4.79 Å². The average Bonchev–Trinajstić information content (AvgIpc) is 2.38. The molecule has 19 heavy (non-hydrogen) atoms. The first-order chi connectivity index (χ1) is 9.10. The zero-order chi connectivity index (χ0) is 13.8. The molecule has 0 bridgehead atoms. The number of amides is 1. The molecule has 1 amide bonds. The Morgan fingerprint density at radius 3 is 2.63 bits per heavy atom. The van der Waals surface area contributed by atoms with E-state index in [1.807, 2.05) is 31.2 Å². The molecule has 4 N–H and O–H groups in total.